The molecule has 0 spiro atoms. The Morgan fingerprint density at radius 2 is 1.82 bits per heavy atom. The number of aryl methyl sites for hydroxylation is 1. The van der Waals surface area contributed by atoms with Gasteiger partial charge in [0.2, 0.25) is 6.41 Å². The molecule has 0 radical (unpaired) electrons. The van der Waals surface area contributed by atoms with E-state index in [-0.39, 0.29) is 12.1 Å². The normalized spacial score (nSPS) is 17.0. The lowest BCUT2D eigenvalue weighted by Crippen LogP contribution is -2.40. The smallest absolute Gasteiger partial charge is 0.207 e. The molecule has 2 aliphatic heterocycles. The molecule has 1 unspecified atom stereocenters. The zero-order valence-corrected chi connectivity index (χ0v) is 23.7. The Morgan fingerprint density at radius 1 is 1.12 bits per heavy atom. The first kappa shape index (κ1) is 30.7. The lowest BCUT2D eigenvalue weighted by atomic mass is 10.0. The van der Waals surface area contributed by atoms with Crippen LogP contribution in [-0.4, -0.2) is 54.4 Å². The molecule has 8 nitrogen and oxygen atoms in total. The van der Waals surface area contributed by atoms with Gasteiger partial charge >= 0.3 is 0 Å². The molecule has 214 valence electrons. The van der Waals surface area contributed by atoms with Crippen LogP contribution in [0.25, 0.3) is 5.57 Å². The van der Waals surface area contributed by atoms with Gasteiger partial charge in [0, 0.05) is 35.6 Å². The van der Waals surface area contributed by atoms with Gasteiger partial charge in [-0.25, -0.2) is 9.38 Å². The SMILES string of the molecule is C=O.CCCN(CCC)Cc1ccc(C2=CC=CN3NC(Nc4ccc(C)cc4)N=C23)cc1F.O=CNC1CC1. The summed E-state index contributed by atoms with van der Waals surface area (Å²) in [5.74, 6) is 0.616. The highest BCUT2D eigenvalue weighted by Crippen LogP contribution is 2.27. The van der Waals surface area contributed by atoms with Gasteiger partial charge in [0.05, 0.1) is 0 Å². The topological polar surface area (TPSA) is 89.1 Å². The van der Waals surface area contributed by atoms with E-state index in [2.05, 4.69) is 53.9 Å². The average molecular weight is 549 g/mol. The molecule has 1 saturated carbocycles. The fraction of sp³-hybridized carbons (Fsp3) is 0.387. The van der Waals surface area contributed by atoms with Crippen molar-refractivity contribution in [3.63, 3.8) is 0 Å². The van der Waals surface area contributed by atoms with Gasteiger partial charge in [-0.15, -0.1) is 0 Å². The number of hydrazine groups is 1. The van der Waals surface area contributed by atoms with Gasteiger partial charge in [-0.2, -0.15) is 5.43 Å². The van der Waals surface area contributed by atoms with Crippen molar-refractivity contribution in [1.29, 1.82) is 0 Å². The van der Waals surface area contributed by atoms with Crippen LogP contribution in [0.15, 0.2) is 65.8 Å². The van der Waals surface area contributed by atoms with E-state index in [9.17, 15) is 4.79 Å². The van der Waals surface area contributed by atoms with E-state index in [4.69, 9.17) is 9.79 Å². The van der Waals surface area contributed by atoms with Gasteiger partial charge in [-0.1, -0.05) is 43.7 Å². The third-order valence-electron chi connectivity index (χ3n) is 6.55. The third kappa shape index (κ3) is 8.86. The standard InChI is InChI=1S/C26H32FN5.C4H7NO.CH2O/c1-4-14-31(15-5-2)18-21-11-10-20(17-24(21)27)23-7-6-16-32-25(23)29-26(30-32)28-22-12-8-19(3)9-13-22;6-3-5-4-1-2-4;1-2/h6-13,16-17,26,28,30H,4-5,14-15,18H2,1-3H3;3-4H,1-2H2,(H,5,6);1H2. The molecule has 1 fully saturated rings. The van der Waals surface area contributed by atoms with Crippen molar-refractivity contribution in [2.45, 2.75) is 65.3 Å². The number of rotatable bonds is 11. The van der Waals surface area contributed by atoms with Crippen molar-refractivity contribution in [2.24, 2.45) is 4.99 Å². The van der Waals surface area contributed by atoms with Crippen LogP contribution in [-0.2, 0) is 16.1 Å². The maximum Gasteiger partial charge on any atom is 0.207 e. The van der Waals surface area contributed by atoms with Crippen molar-refractivity contribution in [3.8, 4) is 0 Å². The van der Waals surface area contributed by atoms with Gasteiger partial charge in [-0.05, 0) is 81.6 Å². The van der Waals surface area contributed by atoms with E-state index < -0.39 is 0 Å². The number of fused-ring (bicyclic) bond motifs is 1. The van der Waals surface area contributed by atoms with E-state index in [0.717, 1.165) is 60.6 Å². The predicted octanol–water partition coefficient (Wildman–Crippen LogP) is 4.99. The minimum atomic E-state index is -0.292. The number of carbonyl (C=O) groups excluding carboxylic acids is 2. The fourth-order valence-corrected chi connectivity index (χ4v) is 4.45. The highest BCUT2D eigenvalue weighted by atomic mass is 19.1. The van der Waals surface area contributed by atoms with Crippen LogP contribution in [0.5, 0.6) is 0 Å². The Kier molecular flexibility index (Phi) is 12.0. The summed E-state index contributed by atoms with van der Waals surface area (Å²) < 4.78 is 15.0. The lowest BCUT2D eigenvalue weighted by Gasteiger charge is -2.23. The predicted molar refractivity (Wildman–Crippen MR) is 160 cm³/mol. The second-order valence-corrected chi connectivity index (χ2v) is 9.93. The number of allylic oxidation sites excluding steroid dienone is 2. The second kappa shape index (κ2) is 15.7. The van der Waals surface area contributed by atoms with E-state index in [1.165, 1.54) is 18.4 Å². The summed E-state index contributed by atoms with van der Waals surface area (Å²) in [6.45, 7) is 11.0. The van der Waals surface area contributed by atoms with E-state index >= 15 is 4.39 Å². The first-order valence-electron chi connectivity index (χ1n) is 13.9. The molecule has 3 aliphatic rings. The number of halogens is 1. The Hall–Kier alpha value is -3.82. The van der Waals surface area contributed by atoms with Crippen LogP contribution in [0.3, 0.4) is 0 Å². The van der Waals surface area contributed by atoms with Gasteiger partial charge < -0.3 is 15.4 Å². The van der Waals surface area contributed by atoms with Crippen LogP contribution in [0, 0.1) is 12.7 Å². The van der Waals surface area contributed by atoms with Crippen molar-refractivity contribution in [2.75, 3.05) is 18.4 Å². The second-order valence-electron chi connectivity index (χ2n) is 9.93. The first-order chi connectivity index (χ1) is 19.5. The average Bonchev–Trinajstić information content (AvgIpc) is 3.69. The van der Waals surface area contributed by atoms with Crippen LogP contribution in [0.4, 0.5) is 10.1 Å². The number of carbonyl (C=O) groups is 2. The Bertz CT molecular complexity index is 1190. The molecule has 2 aromatic rings. The molecule has 1 atom stereocenters. The van der Waals surface area contributed by atoms with Crippen LogP contribution >= 0.6 is 0 Å². The Morgan fingerprint density at radius 3 is 2.40 bits per heavy atom. The molecule has 0 bridgehead atoms. The Labute approximate surface area is 237 Å². The molecule has 0 saturated heterocycles. The van der Waals surface area contributed by atoms with Gasteiger partial charge in [0.1, 0.15) is 12.6 Å². The number of benzene rings is 2. The first-order valence-corrected chi connectivity index (χ1v) is 13.9. The number of amidine groups is 1. The molecule has 3 N–H and O–H groups in total. The number of amides is 1. The van der Waals surface area contributed by atoms with Crippen LogP contribution in [0.2, 0.25) is 0 Å². The van der Waals surface area contributed by atoms with E-state index in [1.54, 1.807) is 6.07 Å². The van der Waals surface area contributed by atoms with E-state index in [1.807, 2.05) is 54.4 Å². The number of anilines is 1. The molecule has 40 heavy (non-hydrogen) atoms. The summed E-state index contributed by atoms with van der Waals surface area (Å²) >= 11 is 0. The quantitative estimate of drug-likeness (QED) is 0.343. The number of nitrogens with zero attached hydrogens (tertiary/aromatic N) is 3. The maximum atomic E-state index is 15.0. The number of nitrogens with one attached hydrogen (secondary N) is 3. The lowest BCUT2D eigenvalue weighted by molar-refractivity contribution is -0.109. The molecule has 1 aliphatic carbocycles. The van der Waals surface area contributed by atoms with Crippen molar-refractivity contribution >= 4 is 30.3 Å². The Balaban J connectivity index is 0.000000481. The van der Waals surface area contributed by atoms with Crippen LogP contribution in [0.1, 0.15) is 56.2 Å². The summed E-state index contributed by atoms with van der Waals surface area (Å²) in [6.07, 6.45) is 10.8. The minimum absolute atomic E-state index is 0.164. The largest absolute Gasteiger partial charge is 0.356 e. The van der Waals surface area contributed by atoms with Crippen LogP contribution < -0.4 is 16.1 Å². The number of hydrogen-bond donors (Lipinski definition) is 3. The van der Waals surface area contributed by atoms with Gasteiger partial charge in [-0.3, -0.25) is 14.7 Å². The summed E-state index contributed by atoms with van der Waals surface area (Å²) in [4.78, 5) is 24.7. The maximum absolute atomic E-state index is 15.0. The monoisotopic (exact) mass is 548 g/mol. The molecule has 0 aromatic heterocycles. The molecule has 2 heterocycles. The molecule has 5 rings (SSSR count). The molecule has 9 heteroatoms. The third-order valence-corrected chi connectivity index (χ3v) is 6.55. The van der Waals surface area contributed by atoms with Gasteiger partial charge in [0.15, 0.2) is 12.1 Å². The summed E-state index contributed by atoms with van der Waals surface area (Å²) in [6, 6.07) is 14.3. The fourth-order valence-electron chi connectivity index (χ4n) is 4.45. The molecule has 1 amide bonds. The molecular weight excluding hydrogens is 507 g/mol. The summed E-state index contributed by atoms with van der Waals surface area (Å²) in [5, 5.41) is 7.91. The summed E-state index contributed by atoms with van der Waals surface area (Å²) in [5.41, 5.74) is 8.00. The zero-order chi connectivity index (χ0) is 28.9. The summed E-state index contributed by atoms with van der Waals surface area (Å²) in [7, 11) is 0. The van der Waals surface area contributed by atoms with E-state index in [0.29, 0.717) is 12.6 Å². The number of hydrogen-bond acceptors (Lipinski definition) is 7. The van der Waals surface area contributed by atoms with Crippen molar-refractivity contribution in [1.82, 2.24) is 20.7 Å². The molecule has 2 aromatic carbocycles. The number of aliphatic imine (C=N–C) groups is 1. The van der Waals surface area contributed by atoms with Gasteiger partial charge in [0.25, 0.3) is 0 Å². The van der Waals surface area contributed by atoms with Crippen molar-refractivity contribution in [3.05, 3.63) is 83.3 Å². The minimum Gasteiger partial charge on any atom is -0.356 e. The highest BCUT2D eigenvalue weighted by molar-refractivity contribution is 6.24. The van der Waals surface area contributed by atoms with Crippen molar-refractivity contribution < 1.29 is 14.0 Å². The zero-order valence-electron chi connectivity index (χ0n) is 23.7. The highest BCUT2D eigenvalue weighted by Gasteiger charge is 2.28. The molecular formula is C31H41FN6O2.